The number of benzene rings is 1. The average Bonchev–Trinajstić information content (AvgIpc) is 2.56. The van der Waals surface area contributed by atoms with E-state index >= 15 is 0 Å². The third kappa shape index (κ3) is 4.80. The van der Waals surface area contributed by atoms with Crippen molar-refractivity contribution in [1.82, 2.24) is 5.32 Å². The third-order valence-electron chi connectivity index (χ3n) is 4.75. The van der Waals surface area contributed by atoms with Gasteiger partial charge < -0.3 is 15.5 Å². The second kappa shape index (κ2) is 7.98. The zero-order valence-electron chi connectivity index (χ0n) is 14.0. The van der Waals surface area contributed by atoms with Crippen molar-refractivity contribution in [2.45, 2.75) is 50.7 Å². The molecule has 0 aromatic heterocycles. The lowest BCUT2D eigenvalue weighted by Crippen LogP contribution is -2.43. The summed E-state index contributed by atoms with van der Waals surface area (Å²) < 4.78 is 0.561. The minimum Gasteiger partial charge on any atom is -0.465 e. The third-order valence-corrected chi connectivity index (χ3v) is 5.44. The number of carbonyl (C=O) groups is 2. The molecule has 0 spiro atoms. The van der Waals surface area contributed by atoms with Gasteiger partial charge in [0.05, 0.1) is 11.6 Å². The number of carboxylic acid groups (broad SMARTS) is 1. The monoisotopic (exact) mass is 408 g/mol. The van der Waals surface area contributed by atoms with Crippen molar-refractivity contribution >= 4 is 27.8 Å². The summed E-state index contributed by atoms with van der Waals surface area (Å²) in [5.41, 5.74) is -0.741. The first-order valence-corrected chi connectivity index (χ1v) is 9.01. The maximum atomic E-state index is 12.8. The first-order chi connectivity index (χ1) is 11.7. The van der Waals surface area contributed by atoms with Crippen LogP contribution in [0, 0.1) is 17.2 Å². The highest BCUT2D eigenvalue weighted by Crippen LogP contribution is 2.37. The number of aliphatic hydroxyl groups is 1. The number of ketones is 1. The van der Waals surface area contributed by atoms with Crippen LogP contribution in [0.25, 0.3) is 0 Å². The minimum absolute atomic E-state index is 0.161. The Bertz CT molecular complexity index is 706. The molecular formula is C18H21BrN2O4. The lowest BCUT2D eigenvalue weighted by Gasteiger charge is -2.36. The van der Waals surface area contributed by atoms with Crippen LogP contribution < -0.4 is 5.32 Å². The minimum atomic E-state index is -1.43. The number of nitriles is 1. The molecule has 3 N–H and O–H groups in total. The Kier molecular flexibility index (Phi) is 6.20. The maximum Gasteiger partial charge on any atom is 0.404 e. The fourth-order valence-electron chi connectivity index (χ4n) is 3.41. The molecule has 0 saturated heterocycles. The van der Waals surface area contributed by atoms with E-state index in [1.807, 2.05) is 13.0 Å². The molecular weight excluding hydrogens is 388 g/mol. The summed E-state index contributed by atoms with van der Waals surface area (Å²) >= 11 is 3.31. The van der Waals surface area contributed by atoms with Gasteiger partial charge in [0.15, 0.2) is 5.78 Å². The van der Waals surface area contributed by atoms with Crippen LogP contribution >= 0.6 is 15.9 Å². The summed E-state index contributed by atoms with van der Waals surface area (Å²) in [6, 6.07) is 6.58. The molecule has 134 valence electrons. The van der Waals surface area contributed by atoms with E-state index in [2.05, 4.69) is 21.2 Å². The Balaban J connectivity index is 2.03. The number of hydrogen-bond acceptors (Lipinski definition) is 4. The van der Waals surface area contributed by atoms with Crippen molar-refractivity contribution in [2.24, 2.45) is 5.92 Å². The normalized spacial score (nSPS) is 24.2. The topological polar surface area (TPSA) is 110 Å². The molecule has 1 saturated carbocycles. The van der Waals surface area contributed by atoms with E-state index in [0.717, 1.165) is 0 Å². The molecule has 7 heteroatoms. The van der Waals surface area contributed by atoms with Crippen LogP contribution in [0.1, 0.15) is 54.9 Å². The molecule has 1 fully saturated rings. The number of carbonyl (C=O) groups excluding carboxylic acids is 1. The lowest BCUT2D eigenvalue weighted by molar-refractivity contribution is 0.00128. The van der Waals surface area contributed by atoms with Gasteiger partial charge in [0.1, 0.15) is 5.60 Å². The Labute approximate surface area is 155 Å². The van der Waals surface area contributed by atoms with Crippen LogP contribution in [-0.4, -0.2) is 33.7 Å². The molecule has 1 aromatic rings. The zero-order valence-corrected chi connectivity index (χ0v) is 15.5. The summed E-state index contributed by atoms with van der Waals surface area (Å²) in [6.07, 6.45) is 1.62. The molecule has 0 bridgehead atoms. The smallest absolute Gasteiger partial charge is 0.404 e. The molecule has 1 aromatic carbocycles. The summed E-state index contributed by atoms with van der Waals surface area (Å²) in [6.45, 7) is 1.81. The molecule has 1 amide bonds. The van der Waals surface area contributed by atoms with E-state index in [4.69, 9.17) is 10.4 Å². The molecule has 1 aliphatic carbocycles. The first kappa shape index (κ1) is 19.4. The van der Waals surface area contributed by atoms with E-state index in [0.29, 0.717) is 47.7 Å². The molecule has 2 rings (SSSR count). The SMILES string of the molecule is C[C@@H](CC1CCC(O)(C(=O)c2cc(C#N)ccc2Br)CC1)NC(=O)O. The van der Waals surface area contributed by atoms with Crippen LogP contribution in [0.5, 0.6) is 0 Å². The van der Waals surface area contributed by atoms with E-state index in [1.165, 1.54) is 6.07 Å². The van der Waals surface area contributed by atoms with Crippen LogP contribution in [0.3, 0.4) is 0 Å². The number of halogens is 1. The number of nitrogens with zero attached hydrogens (tertiary/aromatic N) is 1. The van der Waals surface area contributed by atoms with Crippen molar-refractivity contribution in [1.29, 1.82) is 5.26 Å². The van der Waals surface area contributed by atoms with E-state index in [1.54, 1.807) is 12.1 Å². The van der Waals surface area contributed by atoms with Crippen molar-refractivity contribution in [2.75, 3.05) is 0 Å². The average molecular weight is 409 g/mol. The summed E-state index contributed by atoms with van der Waals surface area (Å²) in [7, 11) is 0. The van der Waals surface area contributed by atoms with Gasteiger partial charge in [0.2, 0.25) is 0 Å². The number of Topliss-reactive ketones (excluding diaryl/α,β-unsaturated/α-hetero) is 1. The van der Waals surface area contributed by atoms with Crippen molar-refractivity contribution in [3.8, 4) is 6.07 Å². The van der Waals surface area contributed by atoms with Crippen LogP contribution in [0.2, 0.25) is 0 Å². The molecule has 0 aliphatic heterocycles. The molecule has 25 heavy (non-hydrogen) atoms. The van der Waals surface area contributed by atoms with Gasteiger partial charge in [-0.15, -0.1) is 0 Å². The zero-order chi connectivity index (χ0) is 18.6. The van der Waals surface area contributed by atoms with Crippen LogP contribution in [0.4, 0.5) is 4.79 Å². The summed E-state index contributed by atoms with van der Waals surface area (Å²) in [5, 5.41) is 31.0. The maximum absolute atomic E-state index is 12.8. The van der Waals surface area contributed by atoms with Gasteiger partial charge in [-0.25, -0.2) is 4.79 Å². The fraction of sp³-hybridized carbons (Fsp3) is 0.500. The lowest BCUT2D eigenvalue weighted by atomic mass is 9.73. The number of rotatable bonds is 5. The fourth-order valence-corrected chi connectivity index (χ4v) is 3.83. The highest BCUT2D eigenvalue weighted by molar-refractivity contribution is 9.10. The second-order valence-electron chi connectivity index (χ2n) is 6.70. The molecule has 0 radical (unpaired) electrons. The predicted molar refractivity (Wildman–Crippen MR) is 95.3 cm³/mol. The van der Waals surface area contributed by atoms with E-state index in [-0.39, 0.29) is 17.7 Å². The highest BCUT2D eigenvalue weighted by Gasteiger charge is 2.41. The molecule has 0 unspecified atom stereocenters. The standard InChI is InChI=1S/C18H21BrN2O4/c1-11(21-17(23)24)8-12-4-6-18(25,7-5-12)16(22)14-9-13(10-20)2-3-15(14)19/h2-3,9,11-12,21,25H,4-8H2,1H3,(H,23,24)/t11-,12?,18?/m0/s1. The van der Waals surface area contributed by atoms with Gasteiger partial charge in [-0.3, -0.25) is 4.79 Å². The summed E-state index contributed by atoms with van der Waals surface area (Å²) in [5.74, 6) is -0.101. The van der Waals surface area contributed by atoms with Gasteiger partial charge in [-0.2, -0.15) is 5.26 Å². The highest BCUT2D eigenvalue weighted by atomic mass is 79.9. The van der Waals surface area contributed by atoms with Crippen LogP contribution in [-0.2, 0) is 0 Å². The van der Waals surface area contributed by atoms with Crippen molar-refractivity contribution < 1.29 is 19.8 Å². The Morgan fingerprint density at radius 2 is 2.08 bits per heavy atom. The van der Waals surface area contributed by atoms with E-state index < -0.39 is 11.7 Å². The Hall–Kier alpha value is -1.91. The van der Waals surface area contributed by atoms with Gasteiger partial charge in [-0.05, 0) is 63.1 Å². The number of amides is 1. The van der Waals surface area contributed by atoms with Crippen molar-refractivity contribution in [3.05, 3.63) is 33.8 Å². The van der Waals surface area contributed by atoms with Crippen molar-refractivity contribution in [3.63, 3.8) is 0 Å². The number of nitrogens with one attached hydrogen (secondary N) is 1. The first-order valence-electron chi connectivity index (χ1n) is 8.21. The summed E-state index contributed by atoms with van der Waals surface area (Å²) in [4.78, 5) is 23.5. The van der Waals surface area contributed by atoms with Gasteiger partial charge in [0, 0.05) is 16.1 Å². The molecule has 6 nitrogen and oxygen atoms in total. The predicted octanol–water partition coefficient (Wildman–Crippen LogP) is 3.47. The second-order valence-corrected chi connectivity index (χ2v) is 7.55. The Morgan fingerprint density at radius 3 is 2.64 bits per heavy atom. The van der Waals surface area contributed by atoms with Gasteiger partial charge in [-0.1, -0.05) is 15.9 Å². The Morgan fingerprint density at radius 1 is 1.44 bits per heavy atom. The van der Waals surface area contributed by atoms with Crippen LogP contribution in [0.15, 0.2) is 22.7 Å². The molecule has 0 heterocycles. The number of hydrogen-bond donors (Lipinski definition) is 3. The molecule has 1 aliphatic rings. The largest absolute Gasteiger partial charge is 0.465 e. The quantitative estimate of drug-likeness (QED) is 0.645. The molecule has 1 atom stereocenters. The van der Waals surface area contributed by atoms with Gasteiger partial charge in [0.25, 0.3) is 0 Å². The van der Waals surface area contributed by atoms with Gasteiger partial charge >= 0.3 is 6.09 Å². The van der Waals surface area contributed by atoms with E-state index in [9.17, 15) is 14.7 Å².